The van der Waals surface area contributed by atoms with Crippen LogP contribution >= 0.6 is 11.8 Å². The minimum absolute atomic E-state index is 0.233. The SMILES string of the molecule is C[C@@H](Oc1ccc(F)cc1)C(=O)N[C@@H]1CCSc2ccc(F)cc21. The van der Waals surface area contributed by atoms with Crippen molar-refractivity contribution in [3.05, 3.63) is 59.7 Å². The van der Waals surface area contributed by atoms with E-state index in [1.165, 1.54) is 36.4 Å². The third-order valence-corrected chi connectivity index (χ3v) is 4.95. The fourth-order valence-corrected chi connectivity index (χ4v) is 3.68. The number of halogens is 2. The molecular formula is C18H17F2NO2S. The van der Waals surface area contributed by atoms with Crippen molar-refractivity contribution in [1.29, 1.82) is 0 Å². The number of fused-ring (bicyclic) bond motifs is 1. The Morgan fingerprint density at radius 1 is 1.21 bits per heavy atom. The molecule has 0 unspecified atom stereocenters. The Balaban J connectivity index is 1.67. The molecule has 2 aromatic carbocycles. The van der Waals surface area contributed by atoms with Gasteiger partial charge in [0.1, 0.15) is 17.4 Å². The molecule has 1 N–H and O–H groups in total. The first-order valence-corrected chi connectivity index (χ1v) is 8.66. The lowest BCUT2D eigenvalue weighted by atomic mass is 10.0. The topological polar surface area (TPSA) is 38.3 Å². The highest BCUT2D eigenvalue weighted by Gasteiger charge is 2.25. The van der Waals surface area contributed by atoms with Gasteiger partial charge in [0.05, 0.1) is 6.04 Å². The first-order valence-electron chi connectivity index (χ1n) is 7.68. The van der Waals surface area contributed by atoms with Crippen LogP contribution in [0.15, 0.2) is 47.4 Å². The molecule has 0 spiro atoms. The van der Waals surface area contributed by atoms with Gasteiger partial charge < -0.3 is 10.1 Å². The van der Waals surface area contributed by atoms with Crippen molar-refractivity contribution in [2.24, 2.45) is 0 Å². The molecule has 1 aliphatic rings. The zero-order chi connectivity index (χ0) is 17.1. The van der Waals surface area contributed by atoms with Crippen molar-refractivity contribution in [1.82, 2.24) is 5.32 Å². The van der Waals surface area contributed by atoms with E-state index in [9.17, 15) is 13.6 Å². The molecule has 2 atom stereocenters. The van der Waals surface area contributed by atoms with Gasteiger partial charge in [0.25, 0.3) is 5.91 Å². The Labute approximate surface area is 143 Å². The molecule has 1 amide bonds. The van der Waals surface area contributed by atoms with E-state index in [0.717, 1.165) is 22.6 Å². The second kappa shape index (κ2) is 7.21. The second-order valence-electron chi connectivity index (χ2n) is 5.59. The van der Waals surface area contributed by atoms with E-state index in [4.69, 9.17) is 4.74 Å². The van der Waals surface area contributed by atoms with Crippen LogP contribution in [0.1, 0.15) is 24.9 Å². The molecule has 1 aliphatic heterocycles. The maximum atomic E-state index is 13.5. The van der Waals surface area contributed by atoms with E-state index in [-0.39, 0.29) is 23.6 Å². The van der Waals surface area contributed by atoms with Crippen LogP contribution in [0.5, 0.6) is 5.75 Å². The number of hydrogen-bond acceptors (Lipinski definition) is 3. The smallest absolute Gasteiger partial charge is 0.261 e. The standard InChI is InChI=1S/C18H17F2NO2S/c1-11(23-14-5-2-12(19)3-6-14)18(22)21-16-8-9-24-17-7-4-13(20)10-15(16)17/h2-7,10-11,16H,8-9H2,1H3,(H,21,22)/t11-,16-/m1/s1. The largest absolute Gasteiger partial charge is 0.481 e. The molecule has 0 aliphatic carbocycles. The zero-order valence-corrected chi connectivity index (χ0v) is 13.9. The second-order valence-corrected chi connectivity index (χ2v) is 6.73. The van der Waals surface area contributed by atoms with Gasteiger partial charge in [-0.1, -0.05) is 0 Å². The van der Waals surface area contributed by atoms with Crippen LogP contribution in [-0.4, -0.2) is 17.8 Å². The van der Waals surface area contributed by atoms with Gasteiger partial charge in [0.15, 0.2) is 6.10 Å². The summed E-state index contributed by atoms with van der Waals surface area (Å²) in [4.78, 5) is 13.4. The summed E-state index contributed by atoms with van der Waals surface area (Å²) in [6.45, 7) is 1.63. The summed E-state index contributed by atoms with van der Waals surface area (Å²) in [5.41, 5.74) is 0.800. The van der Waals surface area contributed by atoms with Gasteiger partial charge in [-0.05, 0) is 61.4 Å². The van der Waals surface area contributed by atoms with Crippen LogP contribution in [0, 0.1) is 11.6 Å². The summed E-state index contributed by atoms with van der Waals surface area (Å²) in [7, 11) is 0. The number of carbonyl (C=O) groups is 1. The Morgan fingerprint density at radius 2 is 1.92 bits per heavy atom. The van der Waals surface area contributed by atoms with Crippen molar-refractivity contribution >= 4 is 17.7 Å². The van der Waals surface area contributed by atoms with Gasteiger partial charge >= 0.3 is 0 Å². The van der Waals surface area contributed by atoms with Crippen LogP contribution in [0.25, 0.3) is 0 Å². The fourth-order valence-electron chi connectivity index (χ4n) is 2.58. The lowest BCUT2D eigenvalue weighted by molar-refractivity contribution is -0.128. The molecule has 24 heavy (non-hydrogen) atoms. The number of carbonyl (C=O) groups excluding carboxylic acids is 1. The molecule has 2 aromatic rings. The summed E-state index contributed by atoms with van der Waals surface area (Å²) < 4.78 is 31.9. The van der Waals surface area contributed by atoms with Crippen LogP contribution in [0.3, 0.4) is 0 Å². The van der Waals surface area contributed by atoms with Crippen LogP contribution in [0.2, 0.25) is 0 Å². The van der Waals surface area contributed by atoms with Crippen molar-refractivity contribution in [2.75, 3.05) is 5.75 Å². The Hall–Kier alpha value is -2.08. The van der Waals surface area contributed by atoms with Crippen LogP contribution in [-0.2, 0) is 4.79 Å². The number of benzene rings is 2. The fraction of sp³-hybridized carbons (Fsp3) is 0.278. The van der Waals surface area contributed by atoms with E-state index in [1.54, 1.807) is 24.8 Å². The number of nitrogens with one attached hydrogen (secondary N) is 1. The molecule has 0 radical (unpaired) electrons. The third-order valence-electron chi connectivity index (χ3n) is 3.82. The first kappa shape index (κ1) is 16.8. The first-order chi connectivity index (χ1) is 11.5. The Bertz CT molecular complexity index is 736. The Morgan fingerprint density at radius 3 is 2.67 bits per heavy atom. The highest BCUT2D eigenvalue weighted by molar-refractivity contribution is 7.99. The van der Waals surface area contributed by atoms with Crippen molar-refractivity contribution in [2.45, 2.75) is 30.4 Å². The molecule has 0 bridgehead atoms. The molecule has 6 heteroatoms. The number of rotatable bonds is 4. The highest BCUT2D eigenvalue weighted by Crippen LogP contribution is 2.36. The summed E-state index contributed by atoms with van der Waals surface area (Å²) in [6, 6.07) is 9.90. The summed E-state index contributed by atoms with van der Waals surface area (Å²) in [5, 5.41) is 2.92. The van der Waals surface area contributed by atoms with Gasteiger partial charge in [-0.25, -0.2) is 8.78 Å². The monoisotopic (exact) mass is 349 g/mol. The lowest BCUT2D eigenvalue weighted by Crippen LogP contribution is -2.39. The number of amides is 1. The quantitative estimate of drug-likeness (QED) is 0.904. The minimum atomic E-state index is -0.734. The lowest BCUT2D eigenvalue weighted by Gasteiger charge is -2.27. The molecule has 3 rings (SSSR count). The number of hydrogen-bond donors (Lipinski definition) is 1. The summed E-state index contributed by atoms with van der Waals surface area (Å²) in [6.07, 6.45) is -0.00194. The van der Waals surface area contributed by atoms with Crippen molar-refractivity contribution < 1.29 is 18.3 Å². The van der Waals surface area contributed by atoms with Gasteiger partial charge in [0, 0.05) is 10.6 Å². The van der Waals surface area contributed by atoms with Gasteiger partial charge in [-0.2, -0.15) is 0 Å². The maximum Gasteiger partial charge on any atom is 0.261 e. The van der Waals surface area contributed by atoms with Gasteiger partial charge in [-0.3, -0.25) is 4.79 Å². The predicted molar refractivity (Wildman–Crippen MR) is 89.1 cm³/mol. The van der Waals surface area contributed by atoms with Crippen LogP contribution in [0.4, 0.5) is 8.78 Å². The molecule has 3 nitrogen and oxygen atoms in total. The van der Waals surface area contributed by atoms with Crippen molar-refractivity contribution in [3.8, 4) is 5.75 Å². The summed E-state index contributed by atoms with van der Waals surface area (Å²) >= 11 is 1.66. The van der Waals surface area contributed by atoms with E-state index in [0.29, 0.717) is 5.75 Å². The average Bonchev–Trinajstić information content (AvgIpc) is 2.57. The molecule has 0 saturated carbocycles. The molecule has 1 heterocycles. The normalized spacial score (nSPS) is 17.7. The highest BCUT2D eigenvalue weighted by atomic mass is 32.2. The Kier molecular flexibility index (Phi) is 5.04. The molecule has 0 saturated heterocycles. The maximum absolute atomic E-state index is 13.5. The molecule has 126 valence electrons. The molecular weight excluding hydrogens is 332 g/mol. The van der Waals surface area contributed by atoms with Crippen LogP contribution < -0.4 is 10.1 Å². The van der Waals surface area contributed by atoms with E-state index < -0.39 is 6.10 Å². The van der Waals surface area contributed by atoms with E-state index in [2.05, 4.69) is 5.32 Å². The van der Waals surface area contributed by atoms with E-state index in [1.807, 2.05) is 0 Å². The summed E-state index contributed by atoms with van der Waals surface area (Å²) in [5.74, 6) is 0.316. The predicted octanol–water partition coefficient (Wildman–Crippen LogP) is 4.09. The molecule has 0 aromatic heterocycles. The van der Waals surface area contributed by atoms with Gasteiger partial charge in [0.2, 0.25) is 0 Å². The number of ether oxygens (including phenoxy) is 1. The minimum Gasteiger partial charge on any atom is -0.481 e. The van der Waals surface area contributed by atoms with Gasteiger partial charge in [-0.15, -0.1) is 11.8 Å². The molecule has 0 fully saturated rings. The zero-order valence-electron chi connectivity index (χ0n) is 13.1. The average molecular weight is 349 g/mol. The van der Waals surface area contributed by atoms with Crippen molar-refractivity contribution in [3.63, 3.8) is 0 Å². The number of thioether (sulfide) groups is 1. The third kappa shape index (κ3) is 3.87. The van der Waals surface area contributed by atoms with E-state index >= 15 is 0 Å².